The Labute approximate surface area is 181 Å². The number of carbonyl (C=O) groups is 1. The molecule has 2 aromatic rings. The topological polar surface area (TPSA) is 64.9 Å². The maximum absolute atomic E-state index is 13.9. The van der Waals surface area contributed by atoms with Gasteiger partial charge < -0.3 is 10.6 Å². The number of nitrogens with one attached hydrogen (secondary N) is 2. The van der Waals surface area contributed by atoms with Gasteiger partial charge >= 0.3 is 18.0 Å². The summed E-state index contributed by atoms with van der Waals surface area (Å²) in [4.78, 5) is 12.5. The molecule has 2 aromatic heterocycles. The van der Waals surface area contributed by atoms with Crippen molar-refractivity contribution in [3.8, 4) is 6.07 Å². The molecule has 3 rings (SSSR count). The number of carbonyl (C=O) groups excluding carboxylic acids is 1. The second kappa shape index (κ2) is 8.70. The Hall–Kier alpha value is -2.26. The molecule has 2 N–H and O–H groups in total. The van der Waals surface area contributed by atoms with E-state index in [1.807, 2.05) is 0 Å². The second-order valence-corrected chi connectivity index (χ2v) is 9.09. The Bertz CT molecular complexity index is 959. The summed E-state index contributed by atoms with van der Waals surface area (Å²) in [5.41, 5.74) is -4.51. The first kappa shape index (κ1) is 23.4. The van der Waals surface area contributed by atoms with Gasteiger partial charge in [-0.05, 0) is 42.7 Å². The average molecular weight is 481 g/mol. The number of hydrogen-bond acceptors (Lipinski definition) is 5. The summed E-state index contributed by atoms with van der Waals surface area (Å²) in [6.45, 7) is 0. The first-order valence-corrected chi connectivity index (χ1v) is 11.0. The Morgan fingerprint density at radius 3 is 2.23 bits per heavy atom. The number of nitrogens with zero attached hydrogens (tertiary/aromatic N) is 1. The molecule has 12 heteroatoms. The lowest BCUT2D eigenvalue weighted by molar-refractivity contribution is -0.293. The summed E-state index contributed by atoms with van der Waals surface area (Å²) in [5, 5.41) is 13.0. The van der Waals surface area contributed by atoms with E-state index in [1.54, 1.807) is 6.07 Å². The molecule has 0 bridgehead atoms. The summed E-state index contributed by atoms with van der Waals surface area (Å²) in [7, 11) is 0. The van der Waals surface area contributed by atoms with Crippen LogP contribution >= 0.6 is 22.7 Å². The molecular weight excluding hydrogens is 464 g/mol. The Balaban J connectivity index is 2.10. The van der Waals surface area contributed by atoms with Crippen LogP contribution in [-0.2, 0) is 12.8 Å². The molecule has 1 aliphatic carbocycles. The number of anilines is 1. The van der Waals surface area contributed by atoms with Crippen LogP contribution in [0.3, 0.4) is 0 Å². The van der Waals surface area contributed by atoms with Crippen molar-refractivity contribution in [1.29, 1.82) is 5.26 Å². The van der Waals surface area contributed by atoms with Gasteiger partial charge in [-0.3, -0.25) is 4.79 Å². The summed E-state index contributed by atoms with van der Waals surface area (Å²) < 4.78 is 83.6. The largest absolute Gasteiger partial charge is 0.439 e. The van der Waals surface area contributed by atoms with Crippen LogP contribution in [0.25, 0.3) is 0 Å². The molecule has 0 saturated carbocycles. The van der Waals surface area contributed by atoms with Crippen LogP contribution < -0.4 is 10.6 Å². The Kier molecular flexibility index (Phi) is 6.57. The van der Waals surface area contributed by atoms with Gasteiger partial charge in [0.25, 0.3) is 5.91 Å². The summed E-state index contributed by atoms with van der Waals surface area (Å²) in [5.74, 6) is -1.52. The predicted octanol–water partition coefficient (Wildman–Crippen LogP) is 6.00. The first-order chi connectivity index (χ1) is 14.5. The number of nitriles is 1. The van der Waals surface area contributed by atoms with Crippen LogP contribution in [0.15, 0.2) is 17.5 Å². The number of amides is 1. The van der Waals surface area contributed by atoms with Crippen molar-refractivity contribution in [2.24, 2.45) is 0 Å². The summed E-state index contributed by atoms with van der Waals surface area (Å²) in [6.07, 6.45) is -7.81. The molecule has 4 nitrogen and oxygen atoms in total. The molecular formula is C19H17F6N3OS2. The number of halogens is 6. The van der Waals surface area contributed by atoms with Gasteiger partial charge in [0, 0.05) is 4.88 Å². The van der Waals surface area contributed by atoms with Crippen molar-refractivity contribution >= 4 is 33.6 Å². The molecule has 168 valence electrons. The van der Waals surface area contributed by atoms with E-state index >= 15 is 0 Å². The van der Waals surface area contributed by atoms with Gasteiger partial charge in [0.1, 0.15) is 11.1 Å². The predicted molar refractivity (Wildman–Crippen MR) is 105 cm³/mol. The van der Waals surface area contributed by atoms with Crippen LogP contribution in [0, 0.1) is 11.3 Å². The monoisotopic (exact) mass is 481 g/mol. The molecule has 0 unspecified atom stereocenters. The van der Waals surface area contributed by atoms with E-state index in [2.05, 4.69) is 0 Å². The maximum Gasteiger partial charge on any atom is 0.439 e. The lowest BCUT2D eigenvalue weighted by Crippen LogP contribution is -2.72. The zero-order valence-corrected chi connectivity index (χ0v) is 17.5. The van der Waals surface area contributed by atoms with E-state index in [9.17, 15) is 36.4 Å². The molecule has 0 atom stereocenters. The van der Waals surface area contributed by atoms with Crippen molar-refractivity contribution in [2.75, 3.05) is 5.32 Å². The number of rotatable bonds is 4. The third kappa shape index (κ3) is 4.52. The fourth-order valence-electron chi connectivity index (χ4n) is 3.41. The van der Waals surface area contributed by atoms with E-state index in [1.165, 1.54) is 16.8 Å². The third-order valence-corrected chi connectivity index (χ3v) is 7.06. The second-order valence-electron chi connectivity index (χ2n) is 7.04. The summed E-state index contributed by atoms with van der Waals surface area (Å²) in [6, 6.07) is 4.22. The highest BCUT2D eigenvalue weighted by Gasteiger charge is 2.73. The normalized spacial score (nSPS) is 15.4. The van der Waals surface area contributed by atoms with Crippen LogP contribution in [0.5, 0.6) is 0 Å². The summed E-state index contributed by atoms with van der Waals surface area (Å²) >= 11 is 1.42. The molecule has 2 heterocycles. The van der Waals surface area contributed by atoms with Gasteiger partial charge in [0.15, 0.2) is 0 Å². The van der Waals surface area contributed by atoms with Crippen molar-refractivity contribution in [3.05, 3.63) is 38.4 Å². The van der Waals surface area contributed by atoms with Gasteiger partial charge in [-0.15, -0.1) is 22.7 Å². The lowest BCUT2D eigenvalue weighted by Gasteiger charge is -2.38. The van der Waals surface area contributed by atoms with E-state index in [0.717, 1.165) is 30.6 Å². The van der Waals surface area contributed by atoms with Gasteiger partial charge in [-0.25, -0.2) is 0 Å². The quantitative estimate of drug-likeness (QED) is 0.416. The van der Waals surface area contributed by atoms with E-state index in [0.29, 0.717) is 52.4 Å². The van der Waals surface area contributed by atoms with Crippen molar-refractivity contribution in [3.63, 3.8) is 0 Å². The molecule has 0 fully saturated rings. The minimum Gasteiger partial charge on any atom is -0.338 e. The fraction of sp³-hybridized carbons (Fsp3) is 0.474. The smallest absolute Gasteiger partial charge is 0.338 e. The van der Waals surface area contributed by atoms with Crippen LogP contribution in [0.4, 0.5) is 31.3 Å². The minimum atomic E-state index is -5.94. The van der Waals surface area contributed by atoms with Crippen LogP contribution in [0.2, 0.25) is 0 Å². The highest BCUT2D eigenvalue weighted by Crippen LogP contribution is 2.47. The number of thiophene rings is 2. The zero-order chi connectivity index (χ0) is 22.9. The van der Waals surface area contributed by atoms with E-state index < -0.39 is 28.9 Å². The Morgan fingerprint density at radius 1 is 1.03 bits per heavy atom. The first-order valence-electron chi connectivity index (χ1n) is 9.32. The average Bonchev–Trinajstić information content (AvgIpc) is 3.27. The third-order valence-electron chi connectivity index (χ3n) is 4.98. The number of fused-ring (bicyclic) bond motifs is 1. The molecule has 0 aromatic carbocycles. The van der Waals surface area contributed by atoms with Gasteiger partial charge in [0.2, 0.25) is 0 Å². The SMILES string of the molecule is N#Cc1c(NC(NC(=O)c2cccs2)(C(F)(F)F)C(F)(F)F)sc2c1CCCCCC2. The number of hydrogen-bond donors (Lipinski definition) is 2. The minimum absolute atomic E-state index is 0.231. The van der Waals surface area contributed by atoms with Crippen LogP contribution in [-0.4, -0.2) is 23.9 Å². The number of aryl methyl sites for hydroxylation is 1. The number of alkyl halides is 6. The highest BCUT2D eigenvalue weighted by molar-refractivity contribution is 7.16. The van der Waals surface area contributed by atoms with Crippen molar-refractivity contribution in [2.45, 2.75) is 56.5 Å². The van der Waals surface area contributed by atoms with Crippen molar-refractivity contribution < 1.29 is 31.1 Å². The molecule has 1 amide bonds. The van der Waals surface area contributed by atoms with Gasteiger partial charge in [-0.1, -0.05) is 18.9 Å². The van der Waals surface area contributed by atoms with Gasteiger partial charge in [-0.2, -0.15) is 31.6 Å². The van der Waals surface area contributed by atoms with E-state index in [-0.39, 0.29) is 10.4 Å². The lowest BCUT2D eigenvalue weighted by atomic mass is 9.97. The molecule has 0 spiro atoms. The van der Waals surface area contributed by atoms with Gasteiger partial charge in [0.05, 0.1) is 10.4 Å². The molecule has 31 heavy (non-hydrogen) atoms. The fourth-order valence-corrected chi connectivity index (χ4v) is 5.33. The molecule has 0 saturated heterocycles. The molecule has 0 aliphatic heterocycles. The van der Waals surface area contributed by atoms with Crippen LogP contribution in [0.1, 0.15) is 51.4 Å². The maximum atomic E-state index is 13.9. The molecule has 1 aliphatic rings. The standard InChI is InChI=1S/C19H17F6N3OS2/c20-18(21,22)17(19(23,24)25,27-15(29)14-8-5-9-30-14)28-16-12(10-26)11-6-3-1-2-4-7-13(11)31-16/h5,8-9,28H,1-4,6-7H2,(H,27,29). The zero-order valence-electron chi connectivity index (χ0n) is 15.9. The Morgan fingerprint density at radius 2 is 1.68 bits per heavy atom. The highest BCUT2D eigenvalue weighted by atomic mass is 32.1. The molecule has 0 radical (unpaired) electrons. The van der Waals surface area contributed by atoms with Crippen molar-refractivity contribution in [1.82, 2.24) is 5.32 Å². The van der Waals surface area contributed by atoms with E-state index in [4.69, 9.17) is 0 Å².